The maximum atomic E-state index is 12.0. The molecule has 0 aliphatic carbocycles. The minimum absolute atomic E-state index is 0.177. The third kappa shape index (κ3) is 4.73. The second kappa shape index (κ2) is 8.93. The van der Waals surface area contributed by atoms with E-state index < -0.39 is 0 Å². The molecule has 0 fully saturated rings. The molecule has 1 heterocycles. The number of Topliss-reactive ketones (excluding diaryl/α,β-unsaturated/α-hetero) is 1. The topological polar surface area (TPSA) is 56.2 Å². The fourth-order valence-electron chi connectivity index (χ4n) is 2.96. The zero-order valence-corrected chi connectivity index (χ0v) is 17.1. The van der Waals surface area contributed by atoms with Crippen molar-refractivity contribution in [2.75, 3.05) is 5.32 Å². The number of ether oxygens (including phenoxy) is 1. The van der Waals surface area contributed by atoms with E-state index in [1.54, 1.807) is 16.8 Å². The zero-order valence-electron chi connectivity index (χ0n) is 16.3. The van der Waals surface area contributed by atoms with Crippen molar-refractivity contribution in [2.45, 2.75) is 33.2 Å². The van der Waals surface area contributed by atoms with Gasteiger partial charge in [0.25, 0.3) is 0 Å². The number of halogens is 1. The van der Waals surface area contributed by atoms with Gasteiger partial charge in [-0.3, -0.25) is 4.79 Å². The molecule has 28 heavy (non-hydrogen) atoms. The van der Waals surface area contributed by atoms with Gasteiger partial charge in [-0.15, -0.1) is 0 Å². The van der Waals surface area contributed by atoms with Crippen LogP contribution >= 0.6 is 11.6 Å². The zero-order chi connectivity index (χ0) is 20.1. The van der Waals surface area contributed by atoms with Crippen molar-refractivity contribution in [3.8, 4) is 11.6 Å². The Labute approximate surface area is 170 Å². The molecular formula is C22H24ClN3O2. The van der Waals surface area contributed by atoms with Gasteiger partial charge < -0.3 is 10.1 Å². The first-order valence-electron chi connectivity index (χ1n) is 9.31. The fourth-order valence-corrected chi connectivity index (χ4v) is 3.09. The van der Waals surface area contributed by atoms with Crippen LogP contribution in [0.4, 0.5) is 5.69 Å². The molecule has 0 saturated heterocycles. The third-order valence-electron chi connectivity index (χ3n) is 4.47. The van der Waals surface area contributed by atoms with Crippen LogP contribution in [-0.4, -0.2) is 15.6 Å². The highest BCUT2D eigenvalue weighted by molar-refractivity contribution is 6.30. The SMILES string of the molecule is CCCC(=O)c1ccc(NCc2c(C)nn(C)c2Oc2ccc(Cl)cc2)cc1. The molecular weight excluding hydrogens is 374 g/mol. The first-order valence-corrected chi connectivity index (χ1v) is 9.68. The van der Waals surface area contributed by atoms with Crippen molar-refractivity contribution in [1.29, 1.82) is 0 Å². The normalized spacial score (nSPS) is 10.7. The molecule has 1 aromatic heterocycles. The molecule has 0 spiro atoms. The van der Waals surface area contributed by atoms with E-state index in [2.05, 4.69) is 10.4 Å². The van der Waals surface area contributed by atoms with E-state index in [1.165, 1.54) is 0 Å². The minimum atomic E-state index is 0.177. The van der Waals surface area contributed by atoms with Crippen LogP contribution in [0.3, 0.4) is 0 Å². The van der Waals surface area contributed by atoms with Crippen LogP contribution in [0.2, 0.25) is 5.02 Å². The number of carbonyl (C=O) groups is 1. The lowest BCUT2D eigenvalue weighted by Gasteiger charge is -2.11. The molecule has 0 radical (unpaired) electrons. The summed E-state index contributed by atoms with van der Waals surface area (Å²) in [7, 11) is 1.86. The van der Waals surface area contributed by atoms with Crippen molar-refractivity contribution in [2.24, 2.45) is 7.05 Å². The Morgan fingerprint density at radius 1 is 1.14 bits per heavy atom. The maximum absolute atomic E-state index is 12.0. The Morgan fingerprint density at radius 2 is 1.82 bits per heavy atom. The second-order valence-electron chi connectivity index (χ2n) is 6.65. The van der Waals surface area contributed by atoms with Gasteiger partial charge in [0.2, 0.25) is 5.88 Å². The Morgan fingerprint density at radius 3 is 2.46 bits per heavy atom. The predicted molar refractivity (Wildman–Crippen MR) is 112 cm³/mol. The first-order chi connectivity index (χ1) is 13.5. The Balaban J connectivity index is 1.72. The van der Waals surface area contributed by atoms with Crippen LogP contribution in [0.25, 0.3) is 0 Å². The molecule has 6 heteroatoms. The van der Waals surface area contributed by atoms with Gasteiger partial charge in [0.15, 0.2) is 5.78 Å². The Bertz CT molecular complexity index is 947. The maximum Gasteiger partial charge on any atom is 0.222 e. The number of rotatable bonds is 8. The van der Waals surface area contributed by atoms with E-state index in [0.717, 1.165) is 28.9 Å². The quantitative estimate of drug-likeness (QED) is 0.490. The number of ketones is 1. The molecule has 0 atom stereocenters. The lowest BCUT2D eigenvalue weighted by atomic mass is 10.1. The van der Waals surface area contributed by atoms with Gasteiger partial charge in [-0.2, -0.15) is 5.10 Å². The summed E-state index contributed by atoms with van der Waals surface area (Å²) in [5.41, 5.74) is 3.56. The predicted octanol–water partition coefficient (Wildman–Crippen LogP) is 5.77. The van der Waals surface area contributed by atoms with Gasteiger partial charge in [0.1, 0.15) is 5.75 Å². The summed E-state index contributed by atoms with van der Waals surface area (Å²) >= 11 is 5.94. The van der Waals surface area contributed by atoms with Crippen LogP contribution in [-0.2, 0) is 13.6 Å². The third-order valence-corrected chi connectivity index (χ3v) is 4.72. The molecule has 2 aromatic carbocycles. The number of aryl methyl sites for hydroxylation is 2. The highest BCUT2D eigenvalue weighted by Gasteiger charge is 2.15. The van der Waals surface area contributed by atoms with Gasteiger partial charge in [-0.1, -0.05) is 18.5 Å². The Hall–Kier alpha value is -2.79. The largest absolute Gasteiger partial charge is 0.439 e. The molecule has 0 aliphatic heterocycles. The number of anilines is 1. The average Bonchev–Trinajstić information content (AvgIpc) is 2.95. The van der Waals surface area contributed by atoms with Crippen molar-refractivity contribution in [3.63, 3.8) is 0 Å². The van der Waals surface area contributed by atoms with Crippen molar-refractivity contribution < 1.29 is 9.53 Å². The van der Waals surface area contributed by atoms with E-state index in [0.29, 0.717) is 29.6 Å². The summed E-state index contributed by atoms with van der Waals surface area (Å²) in [5, 5.41) is 8.52. The summed E-state index contributed by atoms with van der Waals surface area (Å²) in [6.45, 7) is 4.52. The molecule has 0 amide bonds. The minimum Gasteiger partial charge on any atom is -0.439 e. The summed E-state index contributed by atoms with van der Waals surface area (Å²) in [6, 6.07) is 14.8. The molecule has 0 unspecified atom stereocenters. The summed E-state index contributed by atoms with van der Waals surface area (Å²) < 4.78 is 7.77. The van der Waals surface area contributed by atoms with Crippen LogP contribution in [0.1, 0.15) is 41.4 Å². The summed E-state index contributed by atoms with van der Waals surface area (Å²) in [6.07, 6.45) is 1.43. The summed E-state index contributed by atoms with van der Waals surface area (Å²) in [4.78, 5) is 12.0. The molecule has 0 aliphatic rings. The number of aromatic nitrogens is 2. The molecule has 146 valence electrons. The highest BCUT2D eigenvalue weighted by atomic mass is 35.5. The standard InChI is InChI=1S/C22H24ClN3O2/c1-4-5-21(27)16-6-10-18(11-7-16)24-14-20-15(2)25-26(3)22(20)28-19-12-8-17(23)9-13-19/h6-13,24H,4-5,14H2,1-3H3. The Kier molecular flexibility index (Phi) is 6.37. The van der Waals surface area contributed by atoms with Crippen LogP contribution in [0.5, 0.6) is 11.6 Å². The molecule has 3 aromatic rings. The van der Waals surface area contributed by atoms with E-state index in [1.807, 2.05) is 57.3 Å². The lowest BCUT2D eigenvalue weighted by molar-refractivity contribution is 0.0982. The van der Waals surface area contributed by atoms with Crippen LogP contribution in [0.15, 0.2) is 48.5 Å². The monoisotopic (exact) mass is 397 g/mol. The number of hydrogen-bond donors (Lipinski definition) is 1. The van der Waals surface area contributed by atoms with Gasteiger partial charge >= 0.3 is 0 Å². The summed E-state index contributed by atoms with van der Waals surface area (Å²) in [5.74, 6) is 1.56. The van der Waals surface area contributed by atoms with E-state index in [4.69, 9.17) is 16.3 Å². The number of nitrogens with zero attached hydrogens (tertiary/aromatic N) is 2. The molecule has 0 saturated carbocycles. The van der Waals surface area contributed by atoms with Gasteiger partial charge in [0, 0.05) is 36.3 Å². The van der Waals surface area contributed by atoms with Gasteiger partial charge in [0.05, 0.1) is 11.3 Å². The number of benzene rings is 2. The average molecular weight is 398 g/mol. The van der Waals surface area contributed by atoms with Gasteiger partial charge in [-0.25, -0.2) is 4.68 Å². The highest BCUT2D eigenvalue weighted by Crippen LogP contribution is 2.28. The van der Waals surface area contributed by atoms with Crippen molar-refractivity contribution in [1.82, 2.24) is 9.78 Å². The number of carbonyl (C=O) groups excluding carboxylic acids is 1. The molecule has 5 nitrogen and oxygen atoms in total. The second-order valence-corrected chi connectivity index (χ2v) is 7.09. The van der Waals surface area contributed by atoms with E-state index in [-0.39, 0.29) is 5.78 Å². The van der Waals surface area contributed by atoms with E-state index >= 15 is 0 Å². The molecule has 3 rings (SSSR count). The first kappa shape index (κ1) is 20.0. The van der Waals surface area contributed by atoms with Crippen LogP contribution in [0, 0.1) is 6.92 Å². The van der Waals surface area contributed by atoms with Crippen LogP contribution < -0.4 is 10.1 Å². The molecule has 0 bridgehead atoms. The molecule has 1 N–H and O–H groups in total. The number of nitrogens with one attached hydrogen (secondary N) is 1. The lowest BCUT2D eigenvalue weighted by Crippen LogP contribution is -2.03. The number of hydrogen-bond acceptors (Lipinski definition) is 4. The fraction of sp³-hybridized carbons (Fsp3) is 0.273. The van der Waals surface area contributed by atoms with Gasteiger partial charge in [-0.05, 0) is 61.9 Å². The smallest absolute Gasteiger partial charge is 0.222 e. The van der Waals surface area contributed by atoms with Crippen molar-refractivity contribution in [3.05, 3.63) is 70.4 Å². The van der Waals surface area contributed by atoms with E-state index in [9.17, 15) is 4.79 Å². The van der Waals surface area contributed by atoms with Crippen molar-refractivity contribution >= 4 is 23.1 Å².